The summed E-state index contributed by atoms with van der Waals surface area (Å²) >= 11 is 6.35. The van der Waals surface area contributed by atoms with Crippen LogP contribution < -0.4 is 15.4 Å². The minimum atomic E-state index is -0.0763. The number of nitrogens with zero attached hydrogens (tertiary/aromatic N) is 1. The first-order chi connectivity index (χ1) is 13.1. The van der Waals surface area contributed by atoms with Crippen LogP contribution in [0.15, 0.2) is 55.1 Å². The lowest BCUT2D eigenvalue weighted by molar-refractivity contribution is 0.115. The number of carbonyl (C=O) groups excluding carboxylic acids is 1. The molecule has 0 atom stereocenters. The molecule has 1 heterocycles. The summed E-state index contributed by atoms with van der Waals surface area (Å²) in [5, 5.41) is 6.49. The van der Waals surface area contributed by atoms with E-state index in [2.05, 4.69) is 17.2 Å². The van der Waals surface area contributed by atoms with Gasteiger partial charge in [0.1, 0.15) is 11.9 Å². The van der Waals surface area contributed by atoms with Crippen molar-refractivity contribution in [3.05, 3.63) is 65.7 Å². The molecule has 27 heavy (non-hydrogen) atoms. The van der Waals surface area contributed by atoms with Crippen molar-refractivity contribution >= 4 is 29.0 Å². The summed E-state index contributed by atoms with van der Waals surface area (Å²) in [6, 6.07) is 15.0. The topological polar surface area (TPSA) is 53.6 Å². The fraction of sp³-hybridized carbons (Fsp3) is 0.286. The number of nitrogens with one attached hydrogen (secondary N) is 2. The lowest BCUT2D eigenvalue weighted by Crippen LogP contribution is -2.43. The summed E-state index contributed by atoms with van der Waals surface area (Å²) in [5.41, 5.74) is 2.54. The quantitative estimate of drug-likeness (QED) is 0.790. The van der Waals surface area contributed by atoms with Gasteiger partial charge < -0.3 is 20.3 Å². The Labute approximate surface area is 165 Å². The van der Waals surface area contributed by atoms with Gasteiger partial charge in [-0.2, -0.15) is 0 Å². The van der Waals surface area contributed by atoms with E-state index in [-0.39, 0.29) is 12.1 Å². The van der Waals surface area contributed by atoms with Gasteiger partial charge in [-0.05, 0) is 35.9 Å². The molecule has 142 valence electrons. The van der Waals surface area contributed by atoms with Gasteiger partial charge >= 0.3 is 6.03 Å². The highest BCUT2D eigenvalue weighted by atomic mass is 35.5. The third-order valence-corrected chi connectivity index (χ3v) is 4.93. The van der Waals surface area contributed by atoms with E-state index in [9.17, 15) is 4.79 Å². The average molecular weight is 386 g/mol. The van der Waals surface area contributed by atoms with Crippen LogP contribution in [0, 0.1) is 0 Å². The van der Waals surface area contributed by atoms with Crippen LogP contribution in [-0.4, -0.2) is 37.2 Å². The van der Waals surface area contributed by atoms with E-state index in [0.717, 1.165) is 29.8 Å². The molecule has 1 saturated heterocycles. The van der Waals surface area contributed by atoms with Crippen LogP contribution in [0.1, 0.15) is 18.4 Å². The molecule has 0 radical (unpaired) electrons. The molecule has 0 spiro atoms. The number of para-hydroxylation sites is 1. The predicted octanol–water partition coefficient (Wildman–Crippen LogP) is 4.61. The summed E-state index contributed by atoms with van der Waals surface area (Å²) in [4.78, 5) is 14.2. The molecule has 1 aliphatic heterocycles. The molecule has 6 heteroatoms. The highest BCUT2D eigenvalue weighted by Crippen LogP contribution is 2.30. The molecule has 0 bridgehead atoms. The maximum atomic E-state index is 12.4. The first-order valence-corrected chi connectivity index (χ1v) is 9.39. The van der Waals surface area contributed by atoms with E-state index in [1.165, 1.54) is 0 Å². The van der Waals surface area contributed by atoms with Crippen molar-refractivity contribution in [2.75, 3.05) is 25.5 Å². The van der Waals surface area contributed by atoms with Crippen LogP contribution in [0.4, 0.5) is 10.5 Å². The largest absolute Gasteiger partial charge is 0.489 e. The summed E-state index contributed by atoms with van der Waals surface area (Å²) in [5.74, 6) is 0.663. The first kappa shape index (κ1) is 19.1. The van der Waals surface area contributed by atoms with Gasteiger partial charge in [0, 0.05) is 44.4 Å². The smallest absolute Gasteiger partial charge is 0.321 e. The van der Waals surface area contributed by atoms with Crippen LogP contribution in [0.25, 0.3) is 5.70 Å². The standard InChI is InChI=1S/C21H24ClN3O2/c1-15(23-2)16-8-9-20(19(22)14-16)27-18-10-12-25(13-11-18)21(26)24-17-6-4-3-5-7-17/h3-9,14,18,23H,1,10-13H2,2H3,(H,24,26). The molecule has 1 fully saturated rings. The van der Waals surface area contributed by atoms with Gasteiger partial charge in [-0.1, -0.05) is 36.4 Å². The molecule has 2 aromatic carbocycles. The van der Waals surface area contributed by atoms with Crippen LogP contribution in [-0.2, 0) is 0 Å². The van der Waals surface area contributed by atoms with E-state index in [1.54, 1.807) is 0 Å². The minimum Gasteiger partial charge on any atom is -0.489 e. The SMILES string of the molecule is C=C(NC)c1ccc(OC2CCN(C(=O)Nc3ccccc3)CC2)c(Cl)c1. The molecule has 0 aliphatic carbocycles. The van der Waals surface area contributed by atoms with Crippen molar-refractivity contribution < 1.29 is 9.53 Å². The second-order valence-electron chi connectivity index (χ2n) is 6.47. The summed E-state index contributed by atoms with van der Waals surface area (Å²) < 4.78 is 6.06. The number of hydrogen-bond donors (Lipinski definition) is 2. The van der Waals surface area contributed by atoms with Gasteiger partial charge in [0.15, 0.2) is 0 Å². The summed E-state index contributed by atoms with van der Waals surface area (Å²) in [6.45, 7) is 5.23. The lowest BCUT2D eigenvalue weighted by Gasteiger charge is -2.32. The van der Waals surface area contributed by atoms with Crippen molar-refractivity contribution in [2.24, 2.45) is 0 Å². The van der Waals surface area contributed by atoms with Crippen molar-refractivity contribution in [3.8, 4) is 5.75 Å². The molecule has 1 aliphatic rings. The third-order valence-electron chi connectivity index (χ3n) is 4.63. The van der Waals surface area contributed by atoms with E-state index in [1.807, 2.05) is 60.5 Å². The van der Waals surface area contributed by atoms with Crippen molar-refractivity contribution in [1.82, 2.24) is 10.2 Å². The number of ether oxygens (including phenoxy) is 1. The molecule has 3 rings (SSSR count). The number of amides is 2. The van der Waals surface area contributed by atoms with Crippen LogP contribution in [0.5, 0.6) is 5.75 Å². The van der Waals surface area contributed by atoms with Gasteiger partial charge in [0.2, 0.25) is 0 Å². The fourth-order valence-corrected chi connectivity index (χ4v) is 3.23. The zero-order valence-electron chi connectivity index (χ0n) is 15.4. The number of carbonyl (C=O) groups is 1. The number of halogens is 1. The number of rotatable bonds is 5. The molecule has 2 N–H and O–H groups in total. The Kier molecular flexibility index (Phi) is 6.24. The number of hydrogen-bond acceptors (Lipinski definition) is 3. The van der Waals surface area contributed by atoms with E-state index in [0.29, 0.717) is 23.9 Å². The Morgan fingerprint density at radius 2 is 1.89 bits per heavy atom. The van der Waals surface area contributed by atoms with Gasteiger partial charge in [-0.3, -0.25) is 0 Å². The molecule has 0 unspecified atom stereocenters. The lowest BCUT2D eigenvalue weighted by atomic mass is 10.1. The van der Waals surface area contributed by atoms with Gasteiger partial charge in [0.25, 0.3) is 0 Å². The Morgan fingerprint density at radius 1 is 1.19 bits per heavy atom. The normalized spacial score (nSPS) is 14.5. The Balaban J connectivity index is 1.52. The Hall–Kier alpha value is -2.66. The van der Waals surface area contributed by atoms with Gasteiger partial charge in [-0.25, -0.2) is 4.79 Å². The third kappa shape index (κ3) is 4.95. The van der Waals surface area contributed by atoms with E-state index >= 15 is 0 Å². The Morgan fingerprint density at radius 3 is 2.52 bits per heavy atom. The van der Waals surface area contributed by atoms with Gasteiger partial charge in [-0.15, -0.1) is 0 Å². The molecule has 2 amide bonds. The Bertz CT molecular complexity index is 802. The highest BCUT2D eigenvalue weighted by Gasteiger charge is 2.24. The van der Waals surface area contributed by atoms with Crippen molar-refractivity contribution in [2.45, 2.75) is 18.9 Å². The molecule has 5 nitrogen and oxygen atoms in total. The highest BCUT2D eigenvalue weighted by molar-refractivity contribution is 6.32. The van der Waals surface area contributed by atoms with E-state index in [4.69, 9.17) is 16.3 Å². The zero-order valence-corrected chi connectivity index (χ0v) is 16.1. The van der Waals surface area contributed by atoms with Crippen LogP contribution >= 0.6 is 11.6 Å². The maximum absolute atomic E-state index is 12.4. The van der Waals surface area contributed by atoms with Gasteiger partial charge in [0.05, 0.1) is 5.02 Å². The molecule has 0 saturated carbocycles. The van der Waals surface area contributed by atoms with Crippen LogP contribution in [0.3, 0.4) is 0 Å². The number of benzene rings is 2. The monoisotopic (exact) mass is 385 g/mol. The summed E-state index contributed by atoms with van der Waals surface area (Å²) in [6.07, 6.45) is 1.58. The fourth-order valence-electron chi connectivity index (χ4n) is 3.01. The van der Waals surface area contributed by atoms with Crippen molar-refractivity contribution in [3.63, 3.8) is 0 Å². The van der Waals surface area contributed by atoms with Crippen LogP contribution in [0.2, 0.25) is 5.02 Å². The molecule has 0 aromatic heterocycles. The zero-order chi connectivity index (χ0) is 19.2. The predicted molar refractivity (Wildman–Crippen MR) is 110 cm³/mol. The number of likely N-dealkylation sites (tertiary alicyclic amines) is 1. The second kappa shape index (κ2) is 8.82. The molecular weight excluding hydrogens is 362 g/mol. The minimum absolute atomic E-state index is 0.0432. The molecule has 2 aromatic rings. The van der Waals surface area contributed by atoms with E-state index < -0.39 is 0 Å². The maximum Gasteiger partial charge on any atom is 0.321 e. The number of anilines is 1. The number of urea groups is 1. The summed E-state index contributed by atoms with van der Waals surface area (Å²) in [7, 11) is 1.82. The average Bonchev–Trinajstić information content (AvgIpc) is 2.70. The number of piperidine rings is 1. The molecular formula is C21H24ClN3O2. The first-order valence-electron chi connectivity index (χ1n) is 9.01. The van der Waals surface area contributed by atoms with Crippen molar-refractivity contribution in [1.29, 1.82) is 0 Å². The second-order valence-corrected chi connectivity index (χ2v) is 6.88.